The number of benzene rings is 2. The highest BCUT2D eigenvalue weighted by atomic mass is 16.5. The molecule has 2 aliphatic rings. The predicted molar refractivity (Wildman–Crippen MR) is 129 cm³/mol. The number of aromatic nitrogens is 2. The third-order valence-corrected chi connectivity index (χ3v) is 7.01. The summed E-state index contributed by atoms with van der Waals surface area (Å²) in [6.07, 6.45) is 6.10. The molecule has 180 valence electrons. The van der Waals surface area contributed by atoms with Crippen LogP contribution in [0.2, 0.25) is 0 Å². The van der Waals surface area contributed by atoms with E-state index in [-0.39, 0.29) is 28.9 Å². The Balaban J connectivity index is 1.35. The number of nitrogens with zero attached hydrogens (tertiary/aromatic N) is 3. The lowest BCUT2D eigenvalue weighted by molar-refractivity contribution is 0.0748. The molecule has 1 amide bonds. The van der Waals surface area contributed by atoms with E-state index in [1.165, 1.54) is 6.07 Å². The van der Waals surface area contributed by atoms with Crippen LogP contribution in [-0.4, -0.2) is 38.5 Å². The molecule has 1 aliphatic carbocycles. The van der Waals surface area contributed by atoms with Gasteiger partial charge in [-0.05, 0) is 48.6 Å². The van der Waals surface area contributed by atoms with Crippen LogP contribution in [0.5, 0.6) is 11.5 Å². The highest BCUT2D eigenvalue weighted by Crippen LogP contribution is 2.34. The first-order valence-electron chi connectivity index (χ1n) is 12.2. The number of nitriles is 1. The molecule has 8 heteroatoms. The number of fused-ring (bicyclic) bond motifs is 2. The fraction of sp³-hybridized carbons (Fsp3) is 0.407. The van der Waals surface area contributed by atoms with Gasteiger partial charge in [-0.15, -0.1) is 0 Å². The van der Waals surface area contributed by atoms with E-state index in [2.05, 4.69) is 16.3 Å². The molecular formula is C27H28N4O4. The molecule has 35 heavy (non-hydrogen) atoms. The van der Waals surface area contributed by atoms with Crippen molar-refractivity contribution in [3.05, 3.63) is 52.7 Å². The topological polar surface area (TPSA) is 119 Å². The van der Waals surface area contributed by atoms with Gasteiger partial charge in [-0.25, -0.2) is 0 Å². The summed E-state index contributed by atoms with van der Waals surface area (Å²) in [7, 11) is 0. The zero-order valence-corrected chi connectivity index (χ0v) is 19.5. The zero-order chi connectivity index (χ0) is 24.4. The first-order chi connectivity index (χ1) is 17.0. The lowest BCUT2D eigenvalue weighted by Crippen LogP contribution is -2.25. The number of phenols is 1. The van der Waals surface area contributed by atoms with Gasteiger partial charge in [0.15, 0.2) is 5.78 Å². The maximum Gasteiger partial charge on any atom is 0.258 e. The van der Waals surface area contributed by atoms with Gasteiger partial charge in [-0.2, -0.15) is 10.4 Å². The van der Waals surface area contributed by atoms with E-state index in [0.717, 1.165) is 43.2 Å². The van der Waals surface area contributed by atoms with Gasteiger partial charge in [0.1, 0.15) is 17.2 Å². The molecular weight excluding hydrogens is 444 g/mol. The van der Waals surface area contributed by atoms with E-state index in [1.807, 2.05) is 18.2 Å². The van der Waals surface area contributed by atoms with Gasteiger partial charge in [0.25, 0.3) is 5.91 Å². The van der Waals surface area contributed by atoms with E-state index in [0.29, 0.717) is 54.9 Å². The molecule has 8 nitrogen and oxygen atoms in total. The second-order valence-electron chi connectivity index (χ2n) is 9.39. The van der Waals surface area contributed by atoms with Crippen molar-refractivity contribution in [3.63, 3.8) is 0 Å². The molecule has 1 saturated carbocycles. The largest absolute Gasteiger partial charge is 0.507 e. The first kappa shape index (κ1) is 22.9. The molecule has 0 saturated heterocycles. The maximum absolute atomic E-state index is 13.4. The number of nitrogens with one attached hydrogen (secondary N) is 1. The third kappa shape index (κ3) is 4.59. The number of carbonyl (C=O) groups is 2. The van der Waals surface area contributed by atoms with Crippen LogP contribution in [0.3, 0.4) is 0 Å². The first-order valence-corrected chi connectivity index (χ1v) is 12.2. The lowest BCUT2D eigenvalue weighted by atomic mass is 9.84. The van der Waals surface area contributed by atoms with Gasteiger partial charge in [0.2, 0.25) is 0 Å². The van der Waals surface area contributed by atoms with Crippen molar-refractivity contribution < 1.29 is 19.4 Å². The van der Waals surface area contributed by atoms with E-state index >= 15 is 0 Å². The molecule has 1 fully saturated rings. The highest BCUT2D eigenvalue weighted by Gasteiger charge is 2.29. The van der Waals surface area contributed by atoms with Crippen molar-refractivity contribution in [1.82, 2.24) is 15.1 Å². The van der Waals surface area contributed by atoms with Crippen LogP contribution >= 0.6 is 0 Å². The molecule has 0 atom stereocenters. The number of ketones is 1. The average Bonchev–Trinajstić information content (AvgIpc) is 3.49. The number of Topliss-reactive ketones (excluding diaryl/α,β-unsaturated/α-hetero) is 1. The number of amides is 1. The fourth-order valence-electron chi connectivity index (χ4n) is 5.09. The van der Waals surface area contributed by atoms with E-state index in [4.69, 9.17) is 10.00 Å². The van der Waals surface area contributed by atoms with Crippen molar-refractivity contribution in [3.8, 4) is 17.6 Å². The van der Waals surface area contributed by atoms with Crippen LogP contribution in [0.4, 0.5) is 0 Å². The van der Waals surface area contributed by atoms with Crippen molar-refractivity contribution in [2.75, 3.05) is 6.61 Å². The van der Waals surface area contributed by atoms with E-state index in [1.54, 1.807) is 11.0 Å². The van der Waals surface area contributed by atoms with Crippen LogP contribution < -0.4 is 4.74 Å². The number of carbonyl (C=O) groups excluding carboxylic acids is 2. The molecule has 0 bridgehead atoms. The minimum atomic E-state index is -0.297. The van der Waals surface area contributed by atoms with Gasteiger partial charge in [-0.3, -0.25) is 14.7 Å². The Hall–Kier alpha value is -3.86. The number of rotatable bonds is 7. The Morgan fingerprint density at radius 2 is 1.94 bits per heavy atom. The number of hydrogen-bond donors (Lipinski definition) is 2. The summed E-state index contributed by atoms with van der Waals surface area (Å²) in [4.78, 5) is 28.2. The third-order valence-electron chi connectivity index (χ3n) is 7.01. The lowest BCUT2D eigenvalue weighted by Gasteiger charge is -2.19. The summed E-state index contributed by atoms with van der Waals surface area (Å²) in [6, 6.07) is 10.9. The molecule has 5 rings (SSSR count). The van der Waals surface area contributed by atoms with Gasteiger partial charge in [-0.1, -0.05) is 25.3 Å². The Morgan fingerprint density at radius 1 is 1.14 bits per heavy atom. The molecule has 1 aliphatic heterocycles. The van der Waals surface area contributed by atoms with Crippen LogP contribution in [0, 0.1) is 17.2 Å². The van der Waals surface area contributed by atoms with Crippen LogP contribution in [-0.2, 0) is 13.1 Å². The smallest absolute Gasteiger partial charge is 0.258 e. The molecule has 3 aromatic rings. The maximum atomic E-state index is 13.4. The molecule has 2 heterocycles. The Morgan fingerprint density at radius 3 is 2.74 bits per heavy atom. The standard InChI is InChI=1S/C27H28N4O4/c28-10-4-5-11-35-20-9-8-18-15-31(16-19(18)12-20)27(34)22-13-21-23(14-24(22)32)29-30-25(21)26(33)17-6-2-1-3-7-17/h8-9,12-14,17,32H,1-7,11,15-16H2,(H,29,30). The van der Waals surface area contributed by atoms with Crippen molar-refractivity contribution in [1.29, 1.82) is 5.26 Å². The Bertz CT molecular complexity index is 1320. The van der Waals surface area contributed by atoms with Gasteiger partial charge in [0, 0.05) is 36.9 Å². The fourth-order valence-corrected chi connectivity index (χ4v) is 5.09. The van der Waals surface area contributed by atoms with Crippen LogP contribution in [0.15, 0.2) is 30.3 Å². The molecule has 2 aromatic carbocycles. The minimum absolute atomic E-state index is 0.0101. The van der Waals surface area contributed by atoms with Gasteiger partial charge >= 0.3 is 0 Å². The normalized spacial score (nSPS) is 15.7. The highest BCUT2D eigenvalue weighted by molar-refractivity contribution is 6.10. The monoisotopic (exact) mass is 472 g/mol. The Kier molecular flexibility index (Phi) is 6.41. The predicted octanol–water partition coefficient (Wildman–Crippen LogP) is 4.87. The number of aromatic hydroxyl groups is 1. The van der Waals surface area contributed by atoms with Gasteiger partial charge < -0.3 is 14.7 Å². The summed E-state index contributed by atoms with van der Waals surface area (Å²) in [6.45, 7) is 1.30. The van der Waals surface area contributed by atoms with Crippen molar-refractivity contribution in [2.45, 2.75) is 58.0 Å². The number of unbranched alkanes of at least 4 members (excludes halogenated alkanes) is 1. The minimum Gasteiger partial charge on any atom is -0.507 e. The summed E-state index contributed by atoms with van der Waals surface area (Å²) in [5, 5.41) is 26.9. The molecule has 2 N–H and O–H groups in total. The van der Waals surface area contributed by atoms with Crippen LogP contribution in [0.1, 0.15) is 76.9 Å². The van der Waals surface area contributed by atoms with Crippen molar-refractivity contribution in [2.24, 2.45) is 5.92 Å². The number of phenolic OH excluding ortho intramolecular Hbond substituents is 1. The summed E-state index contributed by atoms with van der Waals surface area (Å²) >= 11 is 0. The SMILES string of the molecule is N#CCCCOc1ccc2c(c1)CN(C(=O)c1cc3c(C(=O)C4CCCCC4)n[nH]c3cc1O)C2. The van der Waals surface area contributed by atoms with E-state index in [9.17, 15) is 14.7 Å². The molecule has 0 spiro atoms. The summed E-state index contributed by atoms with van der Waals surface area (Å²) in [5.41, 5.74) is 3.08. The molecule has 1 aromatic heterocycles. The summed E-state index contributed by atoms with van der Waals surface area (Å²) < 4.78 is 5.72. The number of H-pyrrole nitrogens is 1. The quantitative estimate of drug-likeness (QED) is 0.374. The van der Waals surface area contributed by atoms with Crippen molar-refractivity contribution >= 4 is 22.6 Å². The number of aromatic amines is 1. The second-order valence-corrected chi connectivity index (χ2v) is 9.39. The summed E-state index contributed by atoms with van der Waals surface area (Å²) in [5.74, 6) is 0.252. The Labute approximate surface area is 203 Å². The number of hydrogen-bond acceptors (Lipinski definition) is 6. The zero-order valence-electron chi connectivity index (χ0n) is 19.5. The number of ether oxygens (including phenoxy) is 1. The van der Waals surface area contributed by atoms with E-state index < -0.39 is 0 Å². The van der Waals surface area contributed by atoms with Gasteiger partial charge in [0.05, 0.1) is 23.8 Å². The van der Waals surface area contributed by atoms with Crippen LogP contribution in [0.25, 0.3) is 10.9 Å². The second kappa shape index (κ2) is 9.79. The molecule has 0 radical (unpaired) electrons. The average molecular weight is 473 g/mol. The molecule has 0 unspecified atom stereocenters.